The van der Waals surface area contributed by atoms with E-state index >= 15 is 0 Å². The monoisotopic (exact) mass is 380 g/mol. The van der Waals surface area contributed by atoms with Gasteiger partial charge in [0.15, 0.2) is 0 Å². The number of nitrogens with zero attached hydrogens (tertiary/aromatic N) is 2. The molecule has 1 aliphatic heterocycles. The average molecular weight is 380 g/mol. The van der Waals surface area contributed by atoms with Crippen molar-refractivity contribution in [3.63, 3.8) is 0 Å². The Morgan fingerprint density at radius 3 is 2.61 bits per heavy atom. The molecular formula is C23H28N2O3. The zero-order chi connectivity index (χ0) is 20.1. The highest BCUT2D eigenvalue weighted by Crippen LogP contribution is 2.27. The van der Waals surface area contributed by atoms with Gasteiger partial charge in [0, 0.05) is 32.6 Å². The van der Waals surface area contributed by atoms with Crippen LogP contribution in [0.3, 0.4) is 0 Å². The lowest BCUT2D eigenvalue weighted by Gasteiger charge is -2.24. The number of carbonyl (C=O) groups is 2. The van der Waals surface area contributed by atoms with Crippen LogP contribution in [0, 0.1) is 0 Å². The molecule has 2 amide bonds. The van der Waals surface area contributed by atoms with Gasteiger partial charge in [0.2, 0.25) is 11.8 Å². The lowest BCUT2D eigenvalue weighted by atomic mass is 9.99. The van der Waals surface area contributed by atoms with Crippen LogP contribution in [-0.4, -0.2) is 48.9 Å². The van der Waals surface area contributed by atoms with E-state index in [0.29, 0.717) is 32.5 Å². The van der Waals surface area contributed by atoms with Crippen molar-refractivity contribution in [3.05, 3.63) is 65.2 Å². The number of rotatable bonds is 5. The van der Waals surface area contributed by atoms with Crippen molar-refractivity contribution in [1.29, 1.82) is 0 Å². The van der Waals surface area contributed by atoms with E-state index in [2.05, 4.69) is 6.07 Å². The summed E-state index contributed by atoms with van der Waals surface area (Å²) in [7, 11) is 3.54. The van der Waals surface area contributed by atoms with Crippen molar-refractivity contribution >= 4 is 11.8 Å². The zero-order valence-corrected chi connectivity index (χ0v) is 16.9. The molecule has 28 heavy (non-hydrogen) atoms. The number of amides is 2. The largest absolute Gasteiger partial charge is 0.491 e. The summed E-state index contributed by atoms with van der Waals surface area (Å²) < 4.78 is 5.86. The Morgan fingerprint density at radius 1 is 1.14 bits per heavy atom. The highest BCUT2D eigenvalue weighted by molar-refractivity contribution is 5.83. The van der Waals surface area contributed by atoms with E-state index < -0.39 is 0 Å². The van der Waals surface area contributed by atoms with Gasteiger partial charge in [-0.15, -0.1) is 0 Å². The zero-order valence-electron chi connectivity index (χ0n) is 16.9. The maximum absolute atomic E-state index is 13.1. The molecule has 1 aliphatic rings. The lowest BCUT2D eigenvalue weighted by molar-refractivity contribution is -0.133. The first kappa shape index (κ1) is 19.9. The molecule has 0 saturated heterocycles. The minimum atomic E-state index is -0.191. The van der Waals surface area contributed by atoms with Crippen LogP contribution >= 0.6 is 0 Å². The molecule has 0 aliphatic carbocycles. The predicted molar refractivity (Wildman–Crippen MR) is 109 cm³/mol. The number of aryl methyl sites for hydroxylation is 1. The Bertz CT molecular complexity index is 833. The van der Waals surface area contributed by atoms with E-state index in [9.17, 15) is 9.59 Å². The van der Waals surface area contributed by atoms with Crippen LogP contribution in [0.15, 0.2) is 48.5 Å². The molecule has 3 rings (SSSR count). The summed E-state index contributed by atoms with van der Waals surface area (Å²) in [6, 6.07) is 15.9. The summed E-state index contributed by atoms with van der Waals surface area (Å²) in [4.78, 5) is 28.4. The van der Waals surface area contributed by atoms with Gasteiger partial charge >= 0.3 is 0 Å². The highest BCUT2D eigenvalue weighted by Gasteiger charge is 2.25. The highest BCUT2D eigenvalue weighted by atomic mass is 16.5. The number of benzene rings is 2. The van der Waals surface area contributed by atoms with Gasteiger partial charge < -0.3 is 14.5 Å². The maximum Gasteiger partial charge on any atom is 0.230 e. The fourth-order valence-electron chi connectivity index (χ4n) is 3.42. The number of ether oxygens (including phenoxy) is 1. The van der Waals surface area contributed by atoms with Gasteiger partial charge in [-0.25, -0.2) is 0 Å². The lowest BCUT2D eigenvalue weighted by Crippen LogP contribution is -2.35. The van der Waals surface area contributed by atoms with Gasteiger partial charge in [0.1, 0.15) is 12.4 Å². The van der Waals surface area contributed by atoms with Crippen molar-refractivity contribution in [3.8, 4) is 5.75 Å². The van der Waals surface area contributed by atoms with Gasteiger partial charge in [-0.2, -0.15) is 0 Å². The summed E-state index contributed by atoms with van der Waals surface area (Å²) in [5.41, 5.74) is 3.11. The molecule has 0 saturated carbocycles. The van der Waals surface area contributed by atoms with Crippen LogP contribution in [0.5, 0.6) is 5.75 Å². The summed E-state index contributed by atoms with van der Waals surface area (Å²) >= 11 is 0. The smallest absolute Gasteiger partial charge is 0.230 e. The Balaban J connectivity index is 1.73. The Kier molecular flexibility index (Phi) is 6.34. The number of fused-ring (bicyclic) bond motifs is 1. The Labute approximate surface area is 166 Å². The van der Waals surface area contributed by atoms with E-state index in [1.165, 1.54) is 0 Å². The molecule has 2 aromatic carbocycles. The minimum absolute atomic E-state index is 0.107. The van der Waals surface area contributed by atoms with Crippen LogP contribution in [0.25, 0.3) is 0 Å². The van der Waals surface area contributed by atoms with E-state index in [0.717, 1.165) is 22.4 Å². The van der Waals surface area contributed by atoms with Crippen molar-refractivity contribution in [2.75, 3.05) is 27.2 Å². The van der Waals surface area contributed by atoms with Crippen LogP contribution in [-0.2, 0) is 22.6 Å². The molecule has 0 radical (unpaired) electrons. The number of carbonyl (C=O) groups excluding carboxylic acids is 2. The molecular weight excluding hydrogens is 352 g/mol. The Hall–Kier alpha value is -2.82. The second-order valence-corrected chi connectivity index (χ2v) is 7.47. The predicted octanol–water partition coefficient (Wildman–Crippen LogP) is 3.23. The van der Waals surface area contributed by atoms with Crippen LogP contribution in [0.1, 0.15) is 36.0 Å². The molecule has 5 heteroatoms. The van der Waals surface area contributed by atoms with Gasteiger partial charge in [-0.1, -0.05) is 42.5 Å². The maximum atomic E-state index is 13.1. The topological polar surface area (TPSA) is 49.9 Å². The quantitative estimate of drug-likeness (QED) is 0.800. The van der Waals surface area contributed by atoms with Crippen molar-refractivity contribution in [2.24, 2.45) is 0 Å². The normalized spacial score (nSPS) is 14.5. The molecule has 148 valence electrons. The molecule has 1 unspecified atom stereocenters. The fourth-order valence-corrected chi connectivity index (χ4v) is 3.42. The number of hydrogen-bond donors (Lipinski definition) is 0. The Morgan fingerprint density at radius 2 is 1.89 bits per heavy atom. The summed E-state index contributed by atoms with van der Waals surface area (Å²) in [6.45, 7) is 3.53. The standard InChI is InChI=1S/C23H28N2O3/c1-17(19-7-5-4-6-8-19)23(27)25-13-14-28-21-11-9-18(15-20(21)16-25)10-12-22(26)24(2)3/h4-9,11,15,17H,10,12-14,16H2,1-3H3. The van der Waals surface area contributed by atoms with E-state index in [4.69, 9.17) is 4.74 Å². The van der Waals surface area contributed by atoms with Crippen LogP contribution < -0.4 is 4.74 Å². The SMILES string of the molecule is CC(C(=O)N1CCOc2ccc(CCC(=O)N(C)C)cc2C1)c1ccccc1. The molecule has 2 aromatic rings. The second kappa shape index (κ2) is 8.91. The summed E-state index contributed by atoms with van der Waals surface area (Å²) in [6.07, 6.45) is 1.15. The third kappa shape index (κ3) is 4.71. The first-order valence-corrected chi connectivity index (χ1v) is 9.74. The van der Waals surface area contributed by atoms with E-state index in [1.807, 2.05) is 54.3 Å². The van der Waals surface area contributed by atoms with Crippen LogP contribution in [0.2, 0.25) is 0 Å². The minimum Gasteiger partial charge on any atom is -0.491 e. The number of hydrogen-bond acceptors (Lipinski definition) is 3. The summed E-state index contributed by atoms with van der Waals surface area (Å²) in [5, 5.41) is 0. The molecule has 0 fully saturated rings. The average Bonchev–Trinajstić information content (AvgIpc) is 2.93. The molecule has 1 heterocycles. The van der Waals surface area contributed by atoms with Crippen LogP contribution in [0.4, 0.5) is 0 Å². The van der Waals surface area contributed by atoms with E-state index in [-0.39, 0.29) is 17.7 Å². The van der Waals surface area contributed by atoms with Gasteiger partial charge in [-0.3, -0.25) is 9.59 Å². The molecule has 5 nitrogen and oxygen atoms in total. The fraction of sp³-hybridized carbons (Fsp3) is 0.391. The van der Waals surface area contributed by atoms with Crippen molar-refractivity contribution in [1.82, 2.24) is 9.80 Å². The molecule has 0 bridgehead atoms. The van der Waals surface area contributed by atoms with Gasteiger partial charge in [0.05, 0.1) is 12.5 Å². The van der Waals surface area contributed by atoms with E-state index in [1.54, 1.807) is 19.0 Å². The first-order valence-electron chi connectivity index (χ1n) is 9.74. The first-order chi connectivity index (χ1) is 13.5. The third-order valence-corrected chi connectivity index (χ3v) is 5.21. The molecule has 1 atom stereocenters. The van der Waals surface area contributed by atoms with Crippen molar-refractivity contribution < 1.29 is 14.3 Å². The van der Waals surface area contributed by atoms with Gasteiger partial charge in [0.25, 0.3) is 0 Å². The second-order valence-electron chi connectivity index (χ2n) is 7.47. The molecule has 0 N–H and O–H groups in total. The summed E-state index contributed by atoms with van der Waals surface area (Å²) in [5.74, 6) is 0.851. The van der Waals surface area contributed by atoms with Gasteiger partial charge in [-0.05, 0) is 30.5 Å². The van der Waals surface area contributed by atoms with Crippen molar-refractivity contribution in [2.45, 2.75) is 32.2 Å². The third-order valence-electron chi connectivity index (χ3n) is 5.21. The molecule has 0 spiro atoms. The molecule has 0 aromatic heterocycles.